The van der Waals surface area contributed by atoms with Crippen LogP contribution in [-0.4, -0.2) is 54.1 Å². The summed E-state index contributed by atoms with van der Waals surface area (Å²) in [5.74, 6) is 0.759. The second-order valence-corrected chi connectivity index (χ2v) is 13.1. The van der Waals surface area contributed by atoms with Gasteiger partial charge in [0.2, 0.25) is 10.0 Å². The van der Waals surface area contributed by atoms with E-state index in [2.05, 4.69) is 10.3 Å². The molecular weight excluding hydrogens is 562 g/mol. The predicted octanol–water partition coefficient (Wildman–Crippen LogP) is 5.26. The summed E-state index contributed by atoms with van der Waals surface area (Å²) in [6.45, 7) is 5.70. The molecule has 0 aliphatic rings. The van der Waals surface area contributed by atoms with Gasteiger partial charge in [-0.3, -0.25) is 4.98 Å². The number of hydrogen-bond acceptors (Lipinski definition) is 8. The molecule has 11 heteroatoms. The SMILES string of the molecule is Cc1cc(-c2ccc(S(=O)(=O)N(CC(C)C)CC(O)[C@H](Cc3ccccc3)NC(=O)OCc3cncs3)cc2)co1. The van der Waals surface area contributed by atoms with Crippen LogP contribution in [0.1, 0.15) is 30.0 Å². The van der Waals surface area contributed by atoms with E-state index in [1.807, 2.05) is 57.2 Å². The number of hydrogen-bond donors (Lipinski definition) is 2. The van der Waals surface area contributed by atoms with E-state index < -0.39 is 28.3 Å². The molecule has 0 saturated carbocycles. The smallest absolute Gasteiger partial charge is 0.407 e. The van der Waals surface area contributed by atoms with Gasteiger partial charge in [-0.05, 0) is 48.6 Å². The molecule has 0 aliphatic carbocycles. The van der Waals surface area contributed by atoms with Gasteiger partial charge in [0.05, 0.1) is 33.7 Å². The molecule has 2 aromatic heterocycles. The molecule has 218 valence electrons. The number of sulfonamides is 1. The van der Waals surface area contributed by atoms with Gasteiger partial charge in [0.15, 0.2) is 0 Å². The number of carbonyl (C=O) groups is 1. The number of rotatable bonds is 13. The minimum atomic E-state index is -3.96. The van der Waals surface area contributed by atoms with E-state index in [9.17, 15) is 18.3 Å². The van der Waals surface area contributed by atoms with Crippen molar-refractivity contribution in [1.82, 2.24) is 14.6 Å². The Morgan fingerprint density at radius 1 is 1.10 bits per heavy atom. The predicted molar refractivity (Wildman–Crippen MR) is 158 cm³/mol. The number of aliphatic hydroxyl groups is 1. The first-order chi connectivity index (χ1) is 19.6. The molecular formula is C30H35N3O6S2. The molecule has 0 radical (unpaired) electrons. The van der Waals surface area contributed by atoms with Crippen molar-refractivity contribution in [3.63, 3.8) is 0 Å². The van der Waals surface area contributed by atoms with Crippen LogP contribution in [0.4, 0.5) is 4.79 Å². The van der Waals surface area contributed by atoms with Gasteiger partial charge in [-0.25, -0.2) is 13.2 Å². The van der Waals surface area contributed by atoms with Gasteiger partial charge in [-0.1, -0.05) is 56.3 Å². The molecule has 4 rings (SSSR count). The lowest BCUT2D eigenvalue weighted by atomic mass is 10.0. The highest BCUT2D eigenvalue weighted by atomic mass is 32.2. The maximum absolute atomic E-state index is 13.8. The first-order valence-electron chi connectivity index (χ1n) is 13.3. The molecule has 0 spiro atoms. The fourth-order valence-electron chi connectivity index (χ4n) is 4.37. The van der Waals surface area contributed by atoms with Crippen molar-refractivity contribution >= 4 is 27.5 Å². The first kappa shape index (κ1) is 30.4. The number of benzene rings is 2. The lowest BCUT2D eigenvalue weighted by Gasteiger charge is -2.30. The topological polar surface area (TPSA) is 122 Å². The molecule has 0 aliphatic heterocycles. The van der Waals surface area contributed by atoms with Crippen LogP contribution in [-0.2, 0) is 27.8 Å². The van der Waals surface area contributed by atoms with Crippen LogP contribution in [0.2, 0.25) is 0 Å². The van der Waals surface area contributed by atoms with Crippen LogP contribution in [0.25, 0.3) is 11.1 Å². The number of ether oxygens (including phenoxy) is 1. The zero-order valence-electron chi connectivity index (χ0n) is 23.3. The summed E-state index contributed by atoms with van der Waals surface area (Å²) < 4.78 is 39.5. The Balaban J connectivity index is 1.52. The van der Waals surface area contributed by atoms with E-state index in [0.717, 1.165) is 27.3 Å². The summed E-state index contributed by atoms with van der Waals surface area (Å²) in [4.78, 5) is 17.5. The number of furan rings is 1. The average Bonchev–Trinajstić information content (AvgIpc) is 3.63. The number of nitrogens with zero attached hydrogens (tertiary/aromatic N) is 2. The van der Waals surface area contributed by atoms with E-state index in [-0.39, 0.29) is 36.9 Å². The molecule has 2 heterocycles. The number of nitrogens with one attached hydrogen (secondary N) is 1. The van der Waals surface area contributed by atoms with Gasteiger partial charge in [0.25, 0.3) is 0 Å². The molecule has 2 atom stereocenters. The van der Waals surface area contributed by atoms with Crippen LogP contribution < -0.4 is 5.32 Å². The Kier molecular flexibility index (Phi) is 10.3. The highest BCUT2D eigenvalue weighted by Crippen LogP contribution is 2.25. The van der Waals surface area contributed by atoms with Gasteiger partial charge >= 0.3 is 6.09 Å². The van der Waals surface area contributed by atoms with Crippen molar-refractivity contribution < 1.29 is 27.5 Å². The van der Waals surface area contributed by atoms with Gasteiger partial charge < -0.3 is 19.6 Å². The van der Waals surface area contributed by atoms with Crippen molar-refractivity contribution in [3.8, 4) is 11.1 Å². The van der Waals surface area contributed by atoms with E-state index in [4.69, 9.17) is 9.15 Å². The molecule has 41 heavy (non-hydrogen) atoms. The fourth-order valence-corrected chi connectivity index (χ4v) is 6.50. The van der Waals surface area contributed by atoms with Crippen molar-refractivity contribution in [2.24, 2.45) is 5.92 Å². The molecule has 0 bridgehead atoms. The van der Waals surface area contributed by atoms with Gasteiger partial charge in [0, 0.05) is 24.8 Å². The van der Waals surface area contributed by atoms with Gasteiger partial charge in [-0.2, -0.15) is 4.31 Å². The van der Waals surface area contributed by atoms with E-state index in [1.54, 1.807) is 42.2 Å². The zero-order valence-corrected chi connectivity index (χ0v) is 24.9. The summed E-state index contributed by atoms with van der Waals surface area (Å²) in [5.41, 5.74) is 4.22. The van der Waals surface area contributed by atoms with E-state index >= 15 is 0 Å². The minimum absolute atomic E-state index is 0.00458. The number of aliphatic hydroxyl groups excluding tert-OH is 1. The third-order valence-electron chi connectivity index (χ3n) is 6.41. The normalized spacial score (nSPS) is 13.3. The van der Waals surface area contributed by atoms with Crippen LogP contribution >= 0.6 is 11.3 Å². The summed E-state index contributed by atoms with van der Waals surface area (Å²) in [5, 5.41) is 14.1. The quantitative estimate of drug-likeness (QED) is 0.216. The van der Waals surface area contributed by atoms with Crippen molar-refractivity contribution in [1.29, 1.82) is 0 Å². The molecule has 2 aromatic carbocycles. The largest absolute Gasteiger partial charge is 0.469 e. The maximum atomic E-state index is 13.8. The number of thiazole rings is 1. The lowest BCUT2D eigenvalue weighted by Crippen LogP contribution is -2.51. The Labute approximate surface area is 244 Å². The highest BCUT2D eigenvalue weighted by Gasteiger charge is 2.31. The molecule has 2 N–H and O–H groups in total. The number of alkyl carbamates (subject to hydrolysis) is 1. The number of carbonyl (C=O) groups excluding carboxylic acids is 1. The monoisotopic (exact) mass is 597 g/mol. The van der Waals surface area contributed by atoms with Crippen molar-refractivity contribution in [3.05, 3.63) is 94.8 Å². The molecule has 1 unspecified atom stereocenters. The number of amides is 1. The number of aromatic nitrogens is 1. The molecule has 0 fully saturated rings. The third kappa shape index (κ3) is 8.49. The van der Waals surface area contributed by atoms with Gasteiger partial charge in [0.1, 0.15) is 12.4 Å². The van der Waals surface area contributed by atoms with Crippen LogP contribution in [0.5, 0.6) is 0 Å². The zero-order chi connectivity index (χ0) is 29.4. The van der Waals surface area contributed by atoms with Crippen LogP contribution in [0, 0.1) is 12.8 Å². The Morgan fingerprint density at radius 3 is 2.44 bits per heavy atom. The van der Waals surface area contributed by atoms with Crippen LogP contribution in [0.3, 0.4) is 0 Å². The first-order valence-corrected chi connectivity index (χ1v) is 15.6. The minimum Gasteiger partial charge on any atom is -0.469 e. The summed E-state index contributed by atoms with van der Waals surface area (Å²) in [7, 11) is -3.96. The summed E-state index contributed by atoms with van der Waals surface area (Å²) in [6, 6.07) is 17.0. The fraction of sp³-hybridized carbons (Fsp3) is 0.333. The Hall–Kier alpha value is -3.51. The Morgan fingerprint density at radius 2 is 1.83 bits per heavy atom. The van der Waals surface area contributed by atoms with Crippen molar-refractivity contribution in [2.75, 3.05) is 13.1 Å². The highest BCUT2D eigenvalue weighted by molar-refractivity contribution is 7.89. The van der Waals surface area contributed by atoms with Crippen LogP contribution in [0.15, 0.2) is 87.9 Å². The summed E-state index contributed by atoms with van der Waals surface area (Å²) in [6.07, 6.45) is 1.61. The standard InChI is InChI=1S/C30H35N3O6S2/c1-21(2)16-33(41(36,37)27-11-9-24(10-12-27)25-13-22(3)38-18-25)17-29(34)28(14-23-7-5-4-6-8-23)32-30(35)39-19-26-15-31-20-40-26/h4-13,15,18,20-21,28-29,34H,14,16-17,19H2,1-3H3,(H,32,35)/t28-,29?/m0/s1. The molecule has 1 amide bonds. The summed E-state index contributed by atoms with van der Waals surface area (Å²) >= 11 is 1.36. The van der Waals surface area contributed by atoms with Gasteiger partial charge in [-0.15, -0.1) is 11.3 Å². The maximum Gasteiger partial charge on any atom is 0.407 e. The molecule has 9 nitrogen and oxygen atoms in total. The second-order valence-electron chi connectivity index (χ2n) is 10.2. The second kappa shape index (κ2) is 13.9. The van der Waals surface area contributed by atoms with E-state index in [0.29, 0.717) is 0 Å². The Bertz CT molecular complexity index is 1490. The average molecular weight is 598 g/mol. The van der Waals surface area contributed by atoms with E-state index in [1.165, 1.54) is 15.6 Å². The van der Waals surface area contributed by atoms with Crippen molar-refractivity contribution in [2.45, 2.75) is 50.8 Å². The molecule has 4 aromatic rings. The number of aryl methyl sites for hydroxylation is 1. The lowest BCUT2D eigenvalue weighted by molar-refractivity contribution is 0.0876. The third-order valence-corrected chi connectivity index (χ3v) is 9.01. The molecule has 0 saturated heterocycles.